The Morgan fingerprint density at radius 3 is 2.09 bits per heavy atom. The molecule has 2 saturated heterocycles. The molecule has 2 aliphatic heterocycles. The Kier molecular flexibility index (Phi) is 10.4. The lowest BCUT2D eigenvalue weighted by molar-refractivity contribution is 0.0672. The molecule has 0 spiro atoms. The number of rotatable bonds is 9. The molecule has 2 fully saturated rings. The van der Waals surface area contributed by atoms with Gasteiger partial charge in [-0.05, 0) is 73.7 Å². The molecule has 0 unspecified atom stereocenters. The molecular formula is C36H41N7O3. The summed E-state index contributed by atoms with van der Waals surface area (Å²) >= 11 is 0. The largest absolute Gasteiger partial charge is 0.465 e. The van der Waals surface area contributed by atoms with Gasteiger partial charge in [-0.2, -0.15) is 10.5 Å². The number of anilines is 2. The molecule has 0 aliphatic carbocycles. The van der Waals surface area contributed by atoms with Crippen molar-refractivity contribution in [3.8, 4) is 12.1 Å². The van der Waals surface area contributed by atoms with Gasteiger partial charge in [-0.15, -0.1) is 0 Å². The number of benzene rings is 3. The summed E-state index contributed by atoms with van der Waals surface area (Å²) in [6.07, 6.45) is 0.124. The van der Waals surface area contributed by atoms with Crippen LogP contribution in [-0.2, 0) is 13.0 Å². The number of nitriles is 2. The molecule has 10 heteroatoms. The minimum absolute atomic E-state index is 0.0129. The molecule has 1 atom stereocenters. The highest BCUT2D eigenvalue weighted by Gasteiger charge is 2.31. The second-order valence-electron chi connectivity index (χ2n) is 12.1. The van der Waals surface area contributed by atoms with Gasteiger partial charge in [0.25, 0.3) is 5.91 Å². The van der Waals surface area contributed by atoms with E-state index in [1.807, 2.05) is 53.4 Å². The highest BCUT2D eigenvalue weighted by atomic mass is 16.4. The van der Waals surface area contributed by atoms with E-state index in [2.05, 4.69) is 58.1 Å². The lowest BCUT2D eigenvalue weighted by atomic mass is 9.94. The zero-order valence-corrected chi connectivity index (χ0v) is 26.6. The summed E-state index contributed by atoms with van der Waals surface area (Å²) in [5, 5.41) is 30.6. The van der Waals surface area contributed by atoms with Crippen molar-refractivity contribution in [3.05, 3.63) is 94.0 Å². The molecule has 3 aromatic rings. The summed E-state index contributed by atoms with van der Waals surface area (Å²) in [7, 11) is 0. The van der Waals surface area contributed by atoms with Crippen LogP contribution in [0.3, 0.4) is 0 Å². The number of carboxylic acid groups (broad SMARTS) is 1. The monoisotopic (exact) mass is 619 g/mol. The van der Waals surface area contributed by atoms with E-state index in [0.717, 1.165) is 60.8 Å². The number of aryl methyl sites for hydroxylation is 2. The lowest BCUT2D eigenvalue weighted by Gasteiger charge is -2.41. The van der Waals surface area contributed by atoms with Gasteiger partial charge >= 0.3 is 6.09 Å². The summed E-state index contributed by atoms with van der Waals surface area (Å²) < 4.78 is 0. The Labute approximate surface area is 271 Å². The van der Waals surface area contributed by atoms with Crippen LogP contribution in [0, 0.1) is 29.6 Å². The van der Waals surface area contributed by atoms with Crippen LogP contribution in [0.4, 0.5) is 16.2 Å². The molecular weight excluding hydrogens is 578 g/mol. The third kappa shape index (κ3) is 7.42. The van der Waals surface area contributed by atoms with E-state index in [4.69, 9.17) is 5.11 Å². The van der Waals surface area contributed by atoms with Crippen molar-refractivity contribution in [1.29, 1.82) is 10.5 Å². The first-order valence-electron chi connectivity index (χ1n) is 15.9. The Morgan fingerprint density at radius 2 is 1.48 bits per heavy atom. The number of hydrogen-bond acceptors (Lipinski definition) is 7. The van der Waals surface area contributed by atoms with Crippen LogP contribution in [0.5, 0.6) is 0 Å². The molecule has 10 nitrogen and oxygen atoms in total. The van der Waals surface area contributed by atoms with Crippen LogP contribution < -0.4 is 15.1 Å². The Balaban J connectivity index is 1.32. The van der Waals surface area contributed by atoms with Crippen molar-refractivity contribution in [1.82, 2.24) is 15.1 Å². The molecule has 2 aliphatic rings. The summed E-state index contributed by atoms with van der Waals surface area (Å²) in [6, 6.07) is 24.0. The highest BCUT2D eigenvalue weighted by molar-refractivity contribution is 5.96. The van der Waals surface area contributed by atoms with E-state index in [1.54, 1.807) is 0 Å². The average molecular weight is 620 g/mol. The molecule has 2 heterocycles. The smallest absolute Gasteiger partial charge is 0.404 e. The molecule has 0 bridgehead atoms. The highest BCUT2D eigenvalue weighted by Crippen LogP contribution is 2.27. The van der Waals surface area contributed by atoms with Gasteiger partial charge in [-0.25, -0.2) is 4.79 Å². The number of hydrogen-bond donors (Lipinski definition) is 2. The van der Waals surface area contributed by atoms with Crippen molar-refractivity contribution in [3.63, 3.8) is 0 Å². The summed E-state index contributed by atoms with van der Waals surface area (Å²) in [4.78, 5) is 34.0. The number of nitrogens with zero attached hydrogens (tertiary/aromatic N) is 6. The summed E-state index contributed by atoms with van der Waals surface area (Å²) in [5.74, 6) is -0.0129. The Bertz CT molecular complexity index is 1650. The number of piperazine rings is 2. The quantitative estimate of drug-likeness (QED) is 0.333. The van der Waals surface area contributed by atoms with Crippen LogP contribution in [0.15, 0.2) is 60.7 Å². The zero-order chi connectivity index (χ0) is 32.6. The van der Waals surface area contributed by atoms with Gasteiger partial charge in [0.2, 0.25) is 0 Å². The second-order valence-corrected chi connectivity index (χ2v) is 12.1. The fourth-order valence-corrected chi connectivity index (χ4v) is 6.57. The van der Waals surface area contributed by atoms with Gasteiger partial charge in [-0.1, -0.05) is 30.3 Å². The Hall–Kier alpha value is -5.06. The molecule has 0 aromatic heterocycles. The number of nitrogens with one attached hydrogen (secondary N) is 1. The summed E-state index contributed by atoms with van der Waals surface area (Å²) in [6.45, 7) is 10.3. The van der Waals surface area contributed by atoms with Gasteiger partial charge in [0, 0.05) is 70.5 Å². The number of para-hydroxylation sites is 2. The Morgan fingerprint density at radius 1 is 0.870 bits per heavy atom. The summed E-state index contributed by atoms with van der Waals surface area (Å²) in [5.41, 5.74) is 7.01. The molecule has 0 saturated carbocycles. The molecule has 5 rings (SSSR count). The van der Waals surface area contributed by atoms with E-state index in [-0.39, 0.29) is 11.9 Å². The van der Waals surface area contributed by atoms with E-state index in [9.17, 15) is 20.1 Å². The van der Waals surface area contributed by atoms with Crippen molar-refractivity contribution in [2.45, 2.75) is 39.3 Å². The molecule has 238 valence electrons. The lowest BCUT2D eigenvalue weighted by Crippen LogP contribution is -2.54. The van der Waals surface area contributed by atoms with Gasteiger partial charge < -0.3 is 25.1 Å². The maximum Gasteiger partial charge on any atom is 0.404 e. The maximum atomic E-state index is 14.3. The average Bonchev–Trinajstić information content (AvgIpc) is 3.07. The number of carbonyl (C=O) groups is 2. The molecule has 2 amide bonds. The maximum absolute atomic E-state index is 14.3. The number of amides is 2. The van der Waals surface area contributed by atoms with Gasteiger partial charge in [-0.3, -0.25) is 9.69 Å². The van der Waals surface area contributed by atoms with Crippen LogP contribution in [0.1, 0.15) is 51.5 Å². The molecule has 46 heavy (non-hydrogen) atoms. The first kappa shape index (κ1) is 32.3. The van der Waals surface area contributed by atoms with Crippen molar-refractivity contribution < 1.29 is 14.7 Å². The van der Waals surface area contributed by atoms with E-state index >= 15 is 0 Å². The van der Waals surface area contributed by atoms with Crippen molar-refractivity contribution in [2.24, 2.45) is 0 Å². The van der Waals surface area contributed by atoms with Gasteiger partial charge in [0.1, 0.15) is 12.1 Å². The third-order valence-electron chi connectivity index (χ3n) is 9.08. The standard InChI is InChI=1S/C36H41N7O3/c1-26-20-28(10-7-13-39-36(45)46)32(35(44)43-19-18-42(24-27(43)2)34-12-6-4-9-30(34)23-38)21-31(26)25-40-14-16-41(17-15-40)33-11-5-3-8-29(33)22-37/h3-6,8-9,11-12,20-21,27,39H,7,10,13-19,24-25H2,1-2H3,(H,45,46)/t27-/m0/s1. The first-order chi connectivity index (χ1) is 22.3. The van der Waals surface area contributed by atoms with Crippen molar-refractivity contribution in [2.75, 3.05) is 62.2 Å². The fourth-order valence-electron chi connectivity index (χ4n) is 6.57. The topological polar surface area (TPSA) is 127 Å². The van der Waals surface area contributed by atoms with E-state index < -0.39 is 6.09 Å². The minimum Gasteiger partial charge on any atom is -0.465 e. The van der Waals surface area contributed by atoms with Crippen molar-refractivity contribution >= 4 is 23.4 Å². The van der Waals surface area contributed by atoms with Crippen LogP contribution >= 0.6 is 0 Å². The molecule has 2 N–H and O–H groups in total. The third-order valence-corrected chi connectivity index (χ3v) is 9.08. The minimum atomic E-state index is -1.05. The zero-order valence-electron chi connectivity index (χ0n) is 26.6. The van der Waals surface area contributed by atoms with E-state index in [0.29, 0.717) is 55.7 Å². The predicted molar refractivity (Wildman–Crippen MR) is 178 cm³/mol. The van der Waals surface area contributed by atoms with Crippen LogP contribution in [0.2, 0.25) is 0 Å². The van der Waals surface area contributed by atoms with Crippen LogP contribution in [0.25, 0.3) is 0 Å². The molecule has 3 aromatic carbocycles. The van der Waals surface area contributed by atoms with E-state index in [1.165, 1.54) is 0 Å². The van der Waals surface area contributed by atoms with Gasteiger partial charge in [0.05, 0.1) is 22.5 Å². The second kappa shape index (κ2) is 14.8. The van der Waals surface area contributed by atoms with Crippen LogP contribution in [-0.4, -0.2) is 85.3 Å². The predicted octanol–water partition coefficient (Wildman–Crippen LogP) is 4.61. The number of carbonyl (C=O) groups excluding carboxylic acids is 1. The SMILES string of the molecule is Cc1cc(CCCNC(=O)O)c(C(=O)N2CCN(c3ccccc3C#N)C[C@@H]2C)cc1CN1CCN(c2ccccc2C#N)CC1. The normalized spacial score (nSPS) is 16.9. The molecule has 0 radical (unpaired) electrons. The van der Waals surface area contributed by atoms with Gasteiger partial charge in [0.15, 0.2) is 0 Å². The fraction of sp³-hybridized carbons (Fsp3) is 0.389. The first-order valence-corrected chi connectivity index (χ1v) is 15.9.